The predicted molar refractivity (Wildman–Crippen MR) is 183 cm³/mol. The third kappa shape index (κ3) is 4.91. The maximum atomic E-state index is 6.18. The maximum Gasteiger partial charge on any atom is 0.128 e. The number of benzene rings is 6. The maximum absolute atomic E-state index is 6.18. The summed E-state index contributed by atoms with van der Waals surface area (Å²) in [5, 5.41) is 0. The molecule has 0 radical (unpaired) electrons. The fourth-order valence-corrected chi connectivity index (χ4v) is 6.36. The van der Waals surface area contributed by atoms with Gasteiger partial charge in [-0.1, -0.05) is 127 Å². The van der Waals surface area contributed by atoms with Crippen LogP contribution in [0, 0.1) is 0 Å². The molecule has 0 bridgehead atoms. The summed E-state index contributed by atoms with van der Waals surface area (Å²) >= 11 is 0. The van der Waals surface area contributed by atoms with Gasteiger partial charge >= 0.3 is 0 Å². The van der Waals surface area contributed by atoms with Gasteiger partial charge in [-0.05, 0) is 81.9 Å². The molecule has 6 aromatic carbocycles. The molecular formula is C42H31NO. The number of ether oxygens (including phenoxy) is 1. The Labute approximate surface area is 258 Å². The molecule has 0 aromatic heterocycles. The molecule has 0 spiro atoms. The van der Waals surface area contributed by atoms with Crippen LogP contribution in [0.5, 0.6) is 5.75 Å². The van der Waals surface area contributed by atoms with Crippen molar-refractivity contribution in [1.29, 1.82) is 0 Å². The molecule has 2 aliphatic rings. The summed E-state index contributed by atoms with van der Waals surface area (Å²) in [7, 11) is 0. The van der Waals surface area contributed by atoms with Crippen LogP contribution in [0.2, 0.25) is 0 Å². The average Bonchev–Trinajstić information content (AvgIpc) is 3.48. The van der Waals surface area contributed by atoms with Crippen molar-refractivity contribution in [2.75, 3.05) is 4.90 Å². The second-order valence-electron chi connectivity index (χ2n) is 11.3. The molecule has 2 nitrogen and oxygen atoms in total. The molecule has 1 aliphatic carbocycles. The molecule has 44 heavy (non-hydrogen) atoms. The van der Waals surface area contributed by atoms with E-state index in [1.54, 1.807) is 0 Å². The summed E-state index contributed by atoms with van der Waals surface area (Å²) < 4.78 is 6.18. The summed E-state index contributed by atoms with van der Waals surface area (Å²) in [6.07, 6.45) is 6.82. The molecule has 0 fully saturated rings. The standard InChI is InChI=1S/C42H31NO/c1-3-9-30(10-4-1)32-15-22-36(23-16-32)43(37-24-17-33(18-25-37)31-11-5-2-6-12-31)38-26-19-34(20-27-38)35-21-28-42-40(29-35)39-13-7-8-14-41(39)44-42/h1-29,40,42H. The molecule has 0 N–H and O–H groups in total. The third-order valence-corrected chi connectivity index (χ3v) is 8.64. The number of anilines is 3. The lowest BCUT2D eigenvalue weighted by molar-refractivity contribution is 0.269. The van der Waals surface area contributed by atoms with Gasteiger partial charge in [-0.2, -0.15) is 0 Å². The van der Waals surface area contributed by atoms with Gasteiger partial charge in [-0.15, -0.1) is 0 Å². The van der Waals surface area contributed by atoms with Gasteiger partial charge in [0.2, 0.25) is 0 Å². The zero-order valence-corrected chi connectivity index (χ0v) is 24.3. The second kappa shape index (κ2) is 11.2. The van der Waals surface area contributed by atoms with E-state index in [0.717, 1.165) is 22.8 Å². The molecular weight excluding hydrogens is 534 g/mol. The lowest BCUT2D eigenvalue weighted by Gasteiger charge is -2.26. The minimum absolute atomic E-state index is 0.0728. The molecule has 2 heteroatoms. The number of fused-ring (bicyclic) bond motifs is 3. The Morgan fingerprint density at radius 1 is 0.432 bits per heavy atom. The van der Waals surface area contributed by atoms with Gasteiger partial charge in [0.15, 0.2) is 0 Å². The lowest BCUT2D eigenvalue weighted by Crippen LogP contribution is -2.17. The molecule has 6 aromatic rings. The van der Waals surface area contributed by atoms with Crippen LogP contribution < -0.4 is 9.64 Å². The molecule has 1 aliphatic heterocycles. The lowest BCUT2D eigenvalue weighted by atomic mass is 9.87. The molecule has 0 saturated carbocycles. The van der Waals surface area contributed by atoms with E-state index in [4.69, 9.17) is 4.74 Å². The SMILES string of the molecule is C1=CC2Oc3ccccc3C2C=C1c1ccc(N(c2ccc(-c3ccccc3)cc2)c2ccc(-c3ccccc3)cc2)cc1. The Kier molecular flexibility index (Phi) is 6.66. The van der Waals surface area contributed by atoms with Gasteiger partial charge < -0.3 is 9.64 Å². The first kappa shape index (κ1) is 26.1. The van der Waals surface area contributed by atoms with E-state index in [2.05, 4.69) is 175 Å². The molecule has 2 unspecified atom stereocenters. The van der Waals surface area contributed by atoms with E-state index in [-0.39, 0.29) is 12.0 Å². The predicted octanol–water partition coefficient (Wildman–Crippen LogP) is 11.0. The van der Waals surface area contributed by atoms with Crippen LogP contribution >= 0.6 is 0 Å². The van der Waals surface area contributed by atoms with Crippen molar-refractivity contribution >= 4 is 22.6 Å². The highest BCUT2D eigenvalue weighted by molar-refractivity contribution is 5.82. The number of hydrogen-bond donors (Lipinski definition) is 0. The first-order valence-electron chi connectivity index (χ1n) is 15.2. The van der Waals surface area contributed by atoms with Crippen molar-refractivity contribution in [3.8, 4) is 28.0 Å². The molecule has 2 atom stereocenters. The number of hydrogen-bond acceptors (Lipinski definition) is 2. The summed E-state index contributed by atoms with van der Waals surface area (Å²) in [6, 6.07) is 56.1. The summed E-state index contributed by atoms with van der Waals surface area (Å²) in [6.45, 7) is 0. The molecule has 8 rings (SSSR count). The van der Waals surface area contributed by atoms with Crippen LogP contribution in [-0.4, -0.2) is 6.10 Å². The van der Waals surface area contributed by atoms with Crippen LogP contribution in [0.25, 0.3) is 27.8 Å². The fourth-order valence-electron chi connectivity index (χ4n) is 6.36. The van der Waals surface area contributed by atoms with Crippen molar-refractivity contribution in [2.24, 2.45) is 0 Å². The Hall–Kier alpha value is -5.60. The Morgan fingerprint density at radius 2 is 0.886 bits per heavy atom. The van der Waals surface area contributed by atoms with Crippen molar-refractivity contribution in [1.82, 2.24) is 0 Å². The number of allylic oxidation sites excluding steroid dienone is 2. The smallest absolute Gasteiger partial charge is 0.128 e. The summed E-state index contributed by atoms with van der Waals surface area (Å²) in [5.74, 6) is 1.24. The molecule has 0 saturated heterocycles. The van der Waals surface area contributed by atoms with Gasteiger partial charge in [-0.3, -0.25) is 0 Å². The van der Waals surface area contributed by atoms with Crippen molar-refractivity contribution in [2.45, 2.75) is 12.0 Å². The fraction of sp³-hybridized carbons (Fsp3) is 0.0476. The van der Waals surface area contributed by atoms with Crippen molar-refractivity contribution < 1.29 is 4.74 Å². The van der Waals surface area contributed by atoms with Crippen LogP contribution in [0.4, 0.5) is 17.1 Å². The molecule has 1 heterocycles. The quantitative estimate of drug-likeness (QED) is 0.199. The monoisotopic (exact) mass is 565 g/mol. The van der Waals surface area contributed by atoms with Gasteiger partial charge in [0, 0.05) is 28.5 Å². The first-order valence-corrected chi connectivity index (χ1v) is 15.2. The van der Waals surface area contributed by atoms with Crippen LogP contribution in [0.3, 0.4) is 0 Å². The Morgan fingerprint density at radius 3 is 1.43 bits per heavy atom. The van der Waals surface area contributed by atoms with E-state index >= 15 is 0 Å². The molecule has 210 valence electrons. The van der Waals surface area contributed by atoms with Crippen molar-refractivity contribution in [3.05, 3.63) is 187 Å². The van der Waals surface area contributed by atoms with E-state index in [1.807, 2.05) is 6.07 Å². The van der Waals surface area contributed by atoms with Gasteiger partial charge in [0.1, 0.15) is 11.9 Å². The number of rotatable bonds is 6. The topological polar surface area (TPSA) is 12.5 Å². The first-order chi connectivity index (χ1) is 21.8. The van der Waals surface area contributed by atoms with Crippen LogP contribution in [0.15, 0.2) is 176 Å². The minimum Gasteiger partial charge on any atom is -0.485 e. The Balaban J connectivity index is 1.14. The minimum atomic E-state index is 0.0728. The van der Waals surface area contributed by atoms with Gasteiger partial charge in [0.25, 0.3) is 0 Å². The number of para-hydroxylation sites is 1. The second-order valence-corrected chi connectivity index (χ2v) is 11.3. The highest BCUT2D eigenvalue weighted by Gasteiger charge is 2.33. The highest BCUT2D eigenvalue weighted by atomic mass is 16.5. The van der Waals surface area contributed by atoms with E-state index in [0.29, 0.717) is 0 Å². The van der Waals surface area contributed by atoms with Gasteiger partial charge in [-0.25, -0.2) is 0 Å². The average molecular weight is 566 g/mol. The van der Waals surface area contributed by atoms with Gasteiger partial charge in [0.05, 0.1) is 0 Å². The zero-order chi connectivity index (χ0) is 29.3. The van der Waals surface area contributed by atoms with Crippen molar-refractivity contribution in [3.63, 3.8) is 0 Å². The summed E-state index contributed by atoms with van der Waals surface area (Å²) in [5.41, 5.74) is 11.9. The highest BCUT2D eigenvalue weighted by Crippen LogP contribution is 2.44. The van der Waals surface area contributed by atoms with Crippen LogP contribution in [0.1, 0.15) is 17.0 Å². The van der Waals surface area contributed by atoms with E-state index < -0.39 is 0 Å². The zero-order valence-electron chi connectivity index (χ0n) is 24.3. The Bertz CT molecular complexity index is 1870. The summed E-state index contributed by atoms with van der Waals surface area (Å²) in [4.78, 5) is 2.33. The van der Waals surface area contributed by atoms with Crippen LogP contribution in [-0.2, 0) is 0 Å². The molecule has 0 amide bonds. The third-order valence-electron chi connectivity index (χ3n) is 8.64. The largest absolute Gasteiger partial charge is 0.485 e. The van der Waals surface area contributed by atoms with E-state index in [9.17, 15) is 0 Å². The van der Waals surface area contributed by atoms with E-state index in [1.165, 1.54) is 39.0 Å². The number of nitrogens with zero attached hydrogens (tertiary/aromatic N) is 1. The normalized spacial score (nSPS) is 16.4.